The molecule has 1 atom stereocenters. The number of methoxy groups -OCH3 is 1. The van der Waals surface area contributed by atoms with Gasteiger partial charge in [0.15, 0.2) is 0 Å². The van der Waals surface area contributed by atoms with E-state index in [1.807, 2.05) is 29.2 Å². The molecule has 1 aliphatic rings. The van der Waals surface area contributed by atoms with Gasteiger partial charge in [-0.05, 0) is 30.5 Å². The highest BCUT2D eigenvalue weighted by Crippen LogP contribution is 2.21. The molecule has 0 aliphatic carbocycles. The molecule has 0 spiro atoms. The number of hydrogen-bond donors (Lipinski definition) is 1. The van der Waals surface area contributed by atoms with Gasteiger partial charge in [-0.2, -0.15) is 0 Å². The second-order valence-corrected chi connectivity index (χ2v) is 7.09. The summed E-state index contributed by atoms with van der Waals surface area (Å²) in [4.78, 5) is 38.8. The molecule has 150 valence electrons. The van der Waals surface area contributed by atoms with Crippen LogP contribution >= 0.6 is 0 Å². The van der Waals surface area contributed by atoms with Crippen molar-refractivity contribution in [2.45, 2.75) is 19.4 Å². The maximum Gasteiger partial charge on any atom is 0.332 e. The Morgan fingerprint density at radius 3 is 2.57 bits per heavy atom. The zero-order valence-corrected chi connectivity index (χ0v) is 16.5. The second kappa shape index (κ2) is 8.33. The minimum absolute atomic E-state index is 0.0191. The van der Waals surface area contributed by atoms with E-state index < -0.39 is 0 Å². The zero-order chi connectivity index (χ0) is 20.3. The number of nitrogens with one attached hydrogen (secondary N) is 1. The zero-order valence-electron chi connectivity index (χ0n) is 16.5. The molecule has 0 radical (unpaired) electrons. The Hall–Kier alpha value is -3.03. The van der Waals surface area contributed by atoms with Gasteiger partial charge in [-0.1, -0.05) is 12.1 Å². The fourth-order valence-corrected chi connectivity index (χ4v) is 3.50. The van der Waals surface area contributed by atoms with Crippen molar-refractivity contribution in [3.8, 4) is 5.75 Å². The fraction of sp³-hybridized carbons (Fsp3) is 0.450. The van der Waals surface area contributed by atoms with Crippen LogP contribution in [0.25, 0.3) is 0 Å². The summed E-state index contributed by atoms with van der Waals surface area (Å²) in [6.07, 6.45) is 1.60. The van der Waals surface area contributed by atoms with E-state index >= 15 is 0 Å². The highest BCUT2D eigenvalue weighted by Gasteiger charge is 2.27. The highest BCUT2D eigenvalue weighted by molar-refractivity contribution is 5.79. The van der Waals surface area contributed by atoms with Crippen LogP contribution in [0.4, 0.5) is 5.82 Å². The Balaban J connectivity index is 1.66. The van der Waals surface area contributed by atoms with Gasteiger partial charge in [0.05, 0.1) is 13.0 Å². The summed E-state index contributed by atoms with van der Waals surface area (Å²) in [7, 11) is 4.72. The predicted octanol–water partition coefficient (Wildman–Crippen LogP) is 0.625. The van der Waals surface area contributed by atoms with Crippen molar-refractivity contribution in [2.24, 2.45) is 20.0 Å². The van der Waals surface area contributed by atoms with Crippen LogP contribution in [0.15, 0.2) is 39.9 Å². The summed E-state index contributed by atoms with van der Waals surface area (Å²) >= 11 is 0. The van der Waals surface area contributed by atoms with Gasteiger partial charge in [-0.15, -0.1) is 0 Å². The molecule has 3 rings (SSSR count). The molecule has 0 bridgehead atoms. The maximum atomic E-state index is 12.6. The van der Waals surface area contributed by atoms with Gasteiger partial charge in [0.2, 0.25) is 5.91 Å². The van der Waals surface area contributed by atoms with E-state index in [0.29, 0.717) is 25.5 Å². The van der Waals surface area contributed by atoms with Gasteiger partial charge in [0.25, 0.3) is 5.56 Å². The van der Waals surface area contributed by atoms with E-state index in [-0.39, 0.29) is 23.1 Å². The SMILES string of the molecule is COc1ccc(CNC(=O)C2CCCN(c3cc(=O)n(C)c(=O)n3C)C2)cc1. The smallest absolute Gasteiger partial charge is 0.332 e. The van der Waals surface area contributed by atoms with Crippen molar-refractivity contribution in [3.63, 3.8) is 0 Å². The van der Waals surface area contributed by atoms with E-state index in [0.717, 1.165) is 28.7 Å². The largest absolute Gasteiger partial charge is 0.497 e. The number of benzene rings is 1. The Bertz CT molecular complexity index is 962. The van der Waals surface area contributed by atoms with Crippen LogP contribution in [0.5, 0.6) is 5.75 Å². The lowest BCUT2D eigenvalue weighted by Crippen LogP contribution is -2.46. The lowest BCUT2D eigenvalue weighted by Gasteiger charge is -2.34. The summed E-state index contributed by atoms with van der Waals surface area (Å²) in [6.45, 7) is 1.64. The molecule has 8 nitrogen and oxygen atoms in total. The Labute approximate surface area is 163 Å². The molecular formula is C20H26N4O4. The summed E-state index contributed by atoms with van der Waals surface area (Å²) in [5.41, 5.74) is 0.286. The third-order valence-electron chi connectivity index (χ3n) is 5.24. The molecule has 1 unspecified atom stereocenters. The molecule has 8 heteroatoms. The number of ether oxygens (including phenoxy) is 1. The van der Waals surface area contributed by atoms with Crippen molar-refractivity contribution in [1.82, 2.24) is 14.5 Å². The minimum Gasteiger partial charge on any atom is -0.497 e. The van der Waals surface area contributed by atoms with Crippen LogP contribution in [-0.2, 0) is 25.4 Å². The Morgan fingerprint density at radius 1 is 1.18 bits per heavy atom. The number of hydrogen-bond acceptors (Lipinski definition) is 5. The molecule has 1 amide bonds. The average Bonchev–Trinajstić information content (AvgIpc) is 2.73. The van der Waals surface area contributed by atoms with Crippen LogP contribution in [0.3, 0.4) is 0 Å². The second-order valence-electron chi connectivity index (χ2n) is 7.09. The summed E-state index contributed by atoms with van der Waals surface area (Å²) in [5, 5.41) is 2.98. The van der Waals surface area contributed by atoms with Crippen LogP contribution in [0, 0.1) is 5.92 Å². The normalized spacial score (nSPS) is 16.7. The summed E-state index contributed by atoms with van der Waals surface area (Å²) < 4.78 is 7.67. The molecular weight excluding hydrogens is 360 g/mol. The standard InChI is InChI=1S/C20H26N4O4/c1-22-17(11-18(25)23(2)20(22)27)24-10-4-5-15(13-24)19(26)21-12-14-6-8-16(28-3)9-7-14/h6-9,11,15H,4-5,10,12-13H2,1-3H3,(H,21,26). The first kappa shape index (κ1) is 19.7. The molecule has 1 aromatic heterocycles. The van der Waals surface area contributed by atoms with Gasteiger partial charge in [-0.3, -0.25) is 18.7 Å². The van der Waals surface area contributed by atoms with Crippen molar-refractivity contribution < 1.29 is 9.53 Å². The highest BCUT2D eigenvalue weighted by atomic mass is 16.5. The third kappa shape index (κ3) is 4.11. The van der Waals surface area contributed by atoms with Crippen molar-refractivity contribution in [2.75, 3.05) is 25.1 Å². The van der Waals surface area contributed by atoms with Gasteiger partial charge < -0.3 is 15.0 Å². The van der Waals surface area contributed by atoms with E-state index in [2.05, 4.69) is 5.32 Å². The first-order chi connectivity index (χ1) is 13.4. The lowest BCUT2D eigenvalue weighted by atomic mass is 9.97. The molecule has 1 N–H and O–H groups in total. The van der Waals surface area contributed by atoms with Crippen LogP contribution in [0.2, 0.25) is 0 Å². The molecule has 1 aromatic carbocycles. The predicted molar refractivity (Wildman–Crippen MR) is 107 cm³/mol. The van der Waals surface area contributed by atoms with E-state index in [4.69, 9.17) is 4.74 Å². The quantitative estimate of drug-likeness (QED) is 0.815. The van der Waals surface area contributed by atoms with Crippen LogP contribution in [0.1, 0.15) is 18.4 Å². The average molecular weight is 386 g/mol. The maximum absolute atomic E-state index is 12.6. The van der Waals surface area contributed by atoms with Crippen LogP contribution < -0.4 is 26.2 Å². The first-order valence-electron chi connectivity index (χ1n) is 9.33. The van der Waals surface area contributed by atoms with Gasteiger partial charge in [-0.25, -0.2) is 4.79 Å². The molecule has 28 heavy (non-hydrogen) atoms. The monoisotopic (exact) mass is 386 g/mol. The molecule has 1 aliphatic heterocycles. The molecule has 2 heterocycles. The number of aromatic nitrogens is 2. The van der Waals surface area contributed by atoms with E-state index in [9.17, 15) is 14.4 Å². The van der Waals surface area contributed by atoms with E-state index in [1.165, 1.54) is 17.7 Å². The fourth-order valence-electron chi connectivity index (χ4n) is 3.50. The molecule has 1 saturated heterocycles. The van der Waals surface area contributed by atoms with Crippen molar-refractivity contribution in [3.05, 3.63) is 56.7 Å². The number of rotatable bonds is 5. The van der Waals surface area contributed by atoms with Crippen molar-refractivity contribution >= 4 is 11.7 Å². The number of anilines is 1. The number of carbonyl (C=O) groups excluding carboxylic acids is 1. The molecule has 1 fully saturated rings. The number of piperidine rings is 1. The van der Waals surface area contributed by atoms with Crippen LogP contribution in [-0.4, -0.2) is 35.2 Å². The topological polar surface area (TPSA) is 85.6 Å². The molecule has 0 saturated carbocycles. The Morgan fingerprint density at radius 2 is 1.89 bits per heavy atom. The number of amides is 1. The summed E-state index contributed by atoms with van der Waals surface area (Å²) in [5.74, 6) is 1.12. The lowest BCUT2D eigenvalue weighted by molar-refractivity contribution is -0.125. The number of nitrogens with zero attached hydrogens (tertiary/aromatic N) is 3. The summed E-state index contributed by atoms with van der Waals surface area (Å²) in [6, 6.07) is 9.02. The molecule has 2 aromatic rings. The first-order valence-corrected chi connectivity index (χ1v) is 9.33. The number of carbonyl (C=O) groups is 1. The third-order valence-corrected chi connectivity index (χ3v) is 5.24. The van der Waals surface area contributed by atoms with E-state index in [1.54, 1.807) is 14.2 Å². The Kier molecular flexibility index (Phi) is 5.87. The van der Waals surface area contributed by atoms with Gasteiger partial charge in [0, 0.05) is 39.8 Å². The van der Waals surface area contributed by atoms with Gasteiger partial charge >= 0.3 is 5.69 Å². The van der Waals surface area contributed by atoms with Gasteiger partial charge in [0.1, 0.15) is 11.6 Å². The van der Waals surface area contributed by atoms with Crippen molar-refractivity contribution in [1.29, 1.82) is 0 Å². The minimum atomic E-state index is -0.367.